The van der Waals surface area contributed by atoms with Crippen molar-refractivity contribution in [3.8, 4) is 0 Å². The van der Waals surface area contributed by atoms with Gasteiger partial charge in [-0.3, -0.25) is 10.1 Å². The zero-order chi connectivity index (χ0) is 21.5. The van der Waals surface area contributed by atoms with Crippen molar-refractivity contribution in [2.75, 3.05) is 18.4 Å². The number of hydrogen-bond donors (Lipinski definition) is 1. The van der Waals surface area contributed by atoms with Crippen molar-refractivity contribution in [2.45, 2.75) is 32.1 Å². The van der Waals surface area contributed by atoms with Gasteiger partial charge >= 0.3 is 0 Å². The van der Waals surface area contributed by atoms with Crippen LogP contribution in [0, 0.1) is 18.8 Å². The molecule has 2 heterocycles. The monoisotopic (exact) mass is 443 g/mol. The summed E-state index contributed by atoms with van der Waals surface area (Å²) in [5, 5.41) is 3.34. The Labute approximate surface area is 181 Å². The van der Waals surface area contributed by atoms with Crippen molar-refractivity contribution in [3.63, 3.8) is 0 Å². The van der Waals surface area contributed by atoms with E-state index < -0.39 is 10.0 Å². The van der Waals surface area contributed by atoms with Crippen molar-refractivity contribution in [3.05, 3.63) is 53.6 Å². The summed E-state index contributed by atoms with van der Waals surface area (Å²) in [4.78, 5) is 17.3. The summed E-state index contributed by atoms with van der Waals surface area (Å²) in [5.74, 6) is 0.368. The van der Waals surface area contributed by atoms with Gasteiger partial charge in [0.05, 0.1) is 15.1 Å². The normalized spacial score (nSPS) is 20.4. The number of para-hydroxylation sites is 1. The van der Waals surface area contributed by atoms with Crippen LogP contribution < -0.4 is 5.32 Å². The molecule has 1 saturated heterocycles. The van der Waals surface area contributed by atoms with Crippen molar-refractivity contribution in [2.24, 2.45) is 11.8 Å². The maximum atomic E-state index is 13.0. The van der Waals surface area contributed by atoms with Gasteiger partial charge in [-0.1, -0.05) is 37.3 Å². The predicted molar refractivity (Wildman–Crippen MR) is 120 cm³/mol. The largest absolute Gasteiger partial charge is 0.298 e. The van der Waals surface area contributed by atoms with Crippen LogP contribution in [0.1, 0.15) is 36.2 Å². The minimum Gasteiger partial charge on any atom is -0.298 e. The molecule has 2 aromatic carbocycles. The highest BCUT2D eigenvalue weighted by molar-refractivity contribution is 7.89. The molecule has 0 radical (unpaired) electrons. The van der Waals surface area contributed by atoms with Gasteiger partial charge in [0.1, 0.15) is 0 Å². The van der Waals surface area contributed by atoms with Gasteiger partial charge in [-0.2, -0.15) is 4.31 Å². The predicted octanol–water partition coefficient (Wildman–Crippen LogP) is 4.52. The fraction of sp³-hybridized carbons (Fsp3) is 0.364. The second-order valence-electron chi connectivity index (χ2n) is 8.19. The van der Waals surface area contributed by atoms with E-state index in [9.17, 15) is 13.2 Å². The number of anilines is 1. The second kappa shape index (κ2) is 8.09. The number of hydrogen-bond acceptors (Lipinski definition) is 5. The van der Waals surface area contributed by atoms with Gasteiger partial charge in [-0.25, -0.2) is 13.4 Å². The fourth-order valence-corrected chi connectivity index (χ4v) is 6.66. The van der Waals surface area contributed by atoms with Crippen LogP contribution in [-0.2, 0) is 10.0 Å². The van der Waals surface area contributed by atoms with Gasteiger partial charge in [0, 0.05) is 18.7 Å². The summed E-state index contributed by atoms with van der Waals surface area (Å²) in [6, 6.07) is 12.0. The maximum absolute atomic E-state index is 13.0. The van der Waals surface area contributed by atoms with E-state index in [1.807, 2.05) is 25.1 Å². The Hall–Kier alpha value is -2.29. The Kier molecular flexibility index (Phi) is 5.65. The van der Waals surface area contributed by atoms with Crippen LogP contribution in [0.3, 0.4) is 0 Å². The zero-order valence-electron chi connectivity index (χ0n) is 17.3. The number of aromatic nitrogens is 1. The number of thiazole rings is 1. The van der Waals surface area contributed by atoms with Gasteiger partial charge < -0.3 is 0 Å². The Balaban J connectivity index is 1.51. The molecule has 4 rings (SSSR count). The molecule has 1 N–H and O–H groups in total. The van der Waals surface area contributed by atoms with Gasteiger partial charge in [-0.05, 0) is 61.1 Å². The molecule has 158 valence electrons. The number of rotatable bonds is 4. The fourth-order valence-electron chi connectivity index (χ4n) is 4.04. The van der Waals surface area contributed by atoms with Crippen molar-refractivity contribution >= 4 is 42.6 Å². The molecular weight excluding hydrogens is 418 g/mol. The number of amides is 1. The number of piperidine rings is 1. The number of nitrogens with one attached hydrogen (secondary N) is 1. The lowest BCUT2D eigenvalue weighted by molar-refractivity contribution is 0.102. The SMILES string of the molecule is Cc1cccc2sc(NC(=O)c3ccc(S(=O)(=O)N4C[C@@H](C)C[C@H](C)C4)cc3)nc12. The second-order valence-corrected chi connectivity index (χ2v) is 11.2. The van der Waals surface area contributed by atoms with E-state index in [1.165, 1.54) is 23.5 Å². The number of nitrogens with zero attached hydrogens (tertiary/aromatic N) is 2. The highest BCUT2D eigenvalue weighted by Gasteiger charge is 2.31. The van der Waals surface area contributed by atoms with Crippen LogP contribution in [0.4, 0.5) is 5.13 Å². The number of fused-ring (bicyclic) bond motifs is 1. The smallest absolute Gasteiger partial charge is 0.257 e. The third kappa shape index (κ3) is 4.12. The van der Waals surface area contributed by atoms with Crippen molar-refractivity contribution < 1.29 is 13.2 Å². The van der Waals surface area contributed by atoms with Crippen molar-refractivity contribution in [1.82, 2.24) is 9.29 Å². The van der Waals surface area contributed by atoms with Crippen LogP contribution in [0.15, 0.2) is 47.4 Å². The van der Waals surface area contributed by atoms with Gasteiger partial charge in [-0.15, -0.1) is 0 Å². The molecule has 0 unspecified atom stereocenters. The van der Waals surface area contributed by atoms with Gasteiger partial charge in [0.15, 0.2) is 5.13 Å². The molecule has 0 aliphatic carbocycles. The van der Waals surface area contributed by atoms with E-state index in [0.29, 0.717) is 35.6 Å². The lowest BCUT2D eigenvalue weighted by atomic mass is 9.94. The Morgan fingerprint density at radius 3 is 2.40 bits per heavy atom. The van der Waals surface area contributed by atoms with E-state index in [2.05, 4.69) is 24.1 Å². The molecule has 1 aliphatic heterocycles. The molecule has 6 nitrogen and oxygen atoms in total. The number of benzene rings is 2. The molecule has 1 aliphatic rings. The molecule has 0 spiro atoms. The quantitative estimate of drug-likeness (QED) is 0.643. The number of sulfonamides is 1. The Morgan fingerprint density at radius 1 is 1.10 bits per heavy atom. The van der Waals surface area contributed by atoms with Crippen molar-refractivity contribution in [1.29, 1.82) is 0 Å². The number of carbonyl (C=O) groups is 1. The molecule has 1 aromatic heterocycles. The summed E-state index contributed by atoms with van der Waals surface area (Å²) in [7, 11) is -3.56. The average Bonchev–Trinajstić information content (AvgIpc) is 3.11. The minimum atomic E-state index is -3.56. The van der Waals surface area contributed by atoms with Gasteiger partial charge in [0.25, 0.3) is 5.91 Å². The van der Waals surface area contributed by atoms with Crippen LogP contribution in [0.25, 0.3) is 10.2 Å². The molecule has 0 bridgehead atoms. The first kappa shape index (κ1) is 21.0. The van der Waals surface area contributed by atoms with Crippen LogP contribution in [-0.4, -0.2) is 36.7 Å². The first-order chi connectivity index (χ1) is 14.2. The third-order valence-electron chi connectivity index (χ3n) is 5.43. The first-order valence-corrected chi connectivity index (χ1v) is 12.3. The summed E-state index contributed by atoms with van der Waals surface area (Å²) >= 11 is 1.42. The highest BCUT2D eigenvalue weighted by atomic mass is 32.2. The zero-order valence-corrected chi connectivity index (χ0v) is 18.9. The summed E-state index contributed by atoms with van der Waals surface area (Å²) in [6.07, 6.45) is 1.04. The minimum absolute atomic E-state index is 0.218. The van der Waals surface area contributed by atoms with Crippen LogP contribution in [0.2, 0.25) is 0 Å². The molecular formula is C22H25N3O3S2. The van der Waals surface area contributed by atoms with Crippen LogP contribution >= 0.6 is 11.3 Å². The van der Waals surface area contributed by atoms with Crippen LogP contribution in [0.5, 0.6) is 0 Å². The lowest BCUT2D eigenvalue weighted by Gasteiger charge is -2.34. The molecule has 2 atom stereocenters. The van der Waals surface area contributed by atoms with E-state index in [1.54, 1.807) is 16.4 Å². The highest BCUT2D eigenvalue weighted by Crippen LogP contribution is 2.29. The third-order valence-corrected chi connectivity index (χ3v) is 8.21. The Bertz CT molecular complexity index is 1180. The van der Waals surface area contributed by atoms with Gasteiger partial charge in [0.2, 0.25) is 10.0 Å². The Morgan fingerprint density at radius 2 is 1.77 bits per heavy atom. The lowest BCUT2D eigenvalue weighted by Crippen LogP contribution is -2.42. The summed E-state index contributed by atoms with van der Waals surface area (Å²) in [5.41, 5.74) is 2.33. The molecule has 30 heavy (non-hydrogen) atoms. The molecule has 8 heteroatoms. The molecule has 0 saturated carbocycles. The average molecular weight is 444 g/mol. The molecule has 1 fully saturated rings. The maximum Gasteiger partial charge on any atom is 0.257 e. The van der Waals surface area contributed by atoms with E-state index in [-0.39, 0.29) is 10.8 Å². The number of aryl methyl sites for hydroxylation is 1. The molecule has 1 amide bonds. The summed E-state index contributed by atoms with van der Waals surface area (Å²) in [6.45, 7) is 7.21. The number of carbonyl (C=O) groups excluding carboxylic acids is 1. The van der Waals surface area contributed by atoms with E-state index in [0.717, 1.165) is 22.2 Å². The first-order valence-electron chi connectivity index (χ1n) is 10.0. The van der Waals surface area contributed by atoms with E-state index >= 15 is 0 Å². The topological polar surface area (TPSA) is 79.4 Å². The summed E-state index contributed by atoms with van der Waals surface area (Å²) < 4.78 is 28.6. The standard InChI is InChI=1S/C22H25N3O3S2/c1-14-11-15(2)13-25(12-14)30(27,28)18-9-7-17(8-10-18)21(26)24-22-23-20-16(3)5-4-6-19(20)29-22/h4-10,14-15H,11-13H2,1-3H3,(H,23,24,26)/t14-,15-/m0/s1. The van der Waals surface area contributed by atoms with E-state index in [4.69, 9.17) is 0 Å². The molecule has 3 aromatic rings.